The molecule has 5 rings (SSSR count). The summed E-state index contributed by atoms with van der Waals surface area (Å²) in [6, 6.07) is 11.6. The normalized spacial score (nSPS) is 28.9. The van der Waals surface area contributed by atoms with Gasteiger partial charge < -0.3 is 9.84 Å². The third-order valence-corrected chi connectivity index (χ3v) is 6.91. The summed E-state index contributed by atoms with van der Waals surface area (Å²) in [6.45, 7) is 0.514. The Kier molecular flexibility index (Phi) is 4.79. The Bertz CT molecular complexity index is 932. The Labute approximate surface area is 170 Å². The lowest BCUT2D eigenvalue weighted by Crippen LogP contribution is -2.33. The molecule has 2 aromatic carbocycles. The molecule has 0 bridgehead atoms. The van der Waals surface area contributed by atoms with Gasteiger partial charge >= 0.3 is 0 Å². The summed E-state index contributed by atoms with van der Waals surface area (Å²) in [5, 5.41) is 9.97. The highest BCUT2D eigenvalue weighted by Crippen LogP contribution is 2.53. The summed E-state index contributed by atoms with van der Waals surface area (Å²) in [4.78, 5) is 0. The molecular weight excluding hydrogens is 370 g/mol. The number of aliphatic hydroxyl groups excluding tert-OH is 1. The summed E-state index contributed by atoms with van der Waals surface area (Å²) in [7, 11) is 0. The van der Waals surface area contributed by atoms with Crippen LogP contribution in [0.5, 0.6) is 0 Å². The predicted molar refractivity (Wildman–Crippen MR) is 108 cm³/mol. The van der Waals surface area contributed by atoms with Gasteiger partial charge in [-0.3, -0.25) is 0 Å². The molecule has 4 heteroatoms. The second-order valence-corrected chi connectivity index (χ2v) is 8.87. The van der Waals surface area contributed by atoms with E-state index in [0.29, 0.717) is 12.5 Å². The van der Waals surface area contributed by atoms with Gasteiger partial charge in [0, 0.05) is 12.5 Å². The second-order valence-electron chi connectivity index (χ2n) is 8.87. The Morgan fingerprint density at radius 2 is 1.76 bits per heavy atom. The molecule has 1 heterocycles. The zero-order valence-electron chi connectivity index (χ0n) is 16.4. The smallest absolute Gasteiger partial charge is 0.123 e. The predicted octanol–water partition coefficient (Wildman–Crippen LogP) is 5.26. The average molecular weight is 396 g/mol. The number of benzene rings is 2. The summed E-state index contributed by atoms with van der Waals surface area (Å²) >= 11 is 0. The van der Waals surface area contributed by atoms with Crippen LogP contribution in [0.1, 0.15) is 48.3 Å². The number of hydrogen-bond donors (Lipinski definition) is 1. The molecule has 3 atom stereocenters. The van der Waals surface area contributed by atoms with Crippen molar-refractivity contribution in [1.29, 1.82) is 0 Å². The van der Waals surface area contributed by atoms with Gasteiger partial charge in [-0.25, -0.2) is 8.78 Å². The third-order valence-electron chi connectivity index (χ3n) is 6.91. The molecule has 0 amide bonds. The highest BCUT2D eigenvalue weighted by molar-refractivity contribution is 5.72. The Hall–Kier alpha value is -2.04. The molecule has 2 nitrogen and oxygen atoms in total. The maximum Gasteiger partial charge on any atom is 0.123 e. The molecule has 0 unspecified atom stereocenters. The molecule has 2 fully saturated rings. The Balaban J connectivity index is 1.53. The molecular formula is C25H26F2O2. The van der Waals surface area contributed by atoms with E-state index in [4.69, 9.17) is 4.74 Å². The first-order chi connectivity index (χ1) is 14.1. The van der Waals surface area contributed by atoms with Gasteiger partial charge in [-0.1, -0.05) is 18.2 Å². The topological polar surface area (TPSA) is 29.5 Å². The van der Waals surface area contributed by atoms with Crippen molar-refractivity contribution in [2.75, 3.05) is 13.2 Å². The molecule has 0 aromatic heterocycles. The summed E-state index contributed by atoms with van der Waals surface area (Å²) in [5.74, 6) is 0.249. The van der Waals surface area contributed by atoms with E-state index in [1.165, 1.54) is 30.5 Å². The first-order valence-corrected chi connectivity index (χ1v) is 10.6. The van der Waals surface area contributed by atoms with Crippen LogP contribution < -0.4 is 0 Å². The van der Waals surface area contributed by atoms with Crippen molar-refractivity contribution in [1.82, 2.24) is 0 Å². The van der Waals surface area contributed by atoms with Crippen molar-refractivity contribution >= 4 is 5.57 Å². The fourth-order valence-electron chi connectivity index (χ4n) is 5.28. The SMILES string of the molecule is OC[C@H]1CC[C@@]2(C=C(c3cc(F)ccc3CC3CC3)CO2)[C@@H]1c1ccc(F)cc1. The third kappa shape index (κ3) is 3.53. The van der Waals surface area contributed by atoms with Crippen LogP contribution in [0.4, 0.5) is 8.78 Å². The highest BCUT2D eigenvalue weighted by atomic mass is 19.1. The number of aliphatic hydroxyl groups is 1. The zero-order valence-corrected chi connectivity index (χ0v) is 16.4. The first-order valence-electron chi connectivity index (χ1n) is 10.6. The van der Waals surface area contributed by atoms with Crippen LogP contribution in [0.3, 0.4) is 0 Å². The van der Waals surface area contributed by atoms with Crippen LogP contribution in [0.15, 0.2) is 48.5 Å². The molecule has 29 heavy (non-hydrogen) atoms. The molecule has 1 aliphatic heterocycles. The number of rotatable bonds is 5. The van der Waals surface area contributed by atoms with Crippen molar-refractivity contribution in [3.8, 4) is 0 Å². The van der Waals surface area contributed by atoms with E-state index in [0.717, 1.165) is 36.0 Å². The fraction of sp³-hybridized carbons (Fsp3) is 0.440. The van der Waals surface area contributed by atoms with Gasteiger partial charge in [0.25, 0.3) is 0 Å². The van der Waals surface area contributed by atoms with Crippen LogP contribution in [-0.4, -0.2) is 23.9 Å². The minimum absolute atomic E-state index is 0.0361. The molecule has 0 radical (unpaired) electrons. The van der Waals surface area contributed by atoms with Gasteiger partial charge in [0.05, 0.1) is 12.2 Å². The molecule has 1 spiro atoms. The van der Waals surface area contributed by atoms with Crippen molar-refractivity contribution in [3.63, 3.8) is 0 Å². The van der Waals surface area contributed by atoms with E-state index in [1.54, 1.807) is 24.3 Å². The van der Waals surface area contributed by atoms with E-state index in [-0.39, 0.29) is 30.1 Å². The lowest BCUT2D eigenvalue weighted by molar-refractivity contribution is 0.0106. The van der Waals surface area contributed by atoms with Gasteiger partial charge in [0.1, 0.15) is 11.6 Å². The van der Waals surface area contributed by atoms with E-state index < -0.39 is 5.60 Å². The van der Waals surface area contributed by atoms with Crippen LogP contribution in [0, 0.1) is 23.5 Å². The average Bonchev–Trinajstić information content (AvgIpc) is 3.33. The number of hydrogen-bond acceptors (Lipinski definition) is 2. The molecule has 152 valence electrons. The van der Waals surface area contributed by atoms with Gasteiger partial charge in [-0.05, 0) is 96.5 Å². The van der Waals surface area contributed by atoms with Crippen molar-refractivity contribution in [2.45, 2.75) is 43.6 Å². The highest BCUT2D eigenvalue weighted by Gasteiger charge is 2.51. The maximum atomic E-state index is 14.1. The van der Waals surface area contributed by atoms with Gasteiger partial charge in [0.15, 0.2) is 0 Å². The van der Waals surface area contributed by atoms with Crippen molar-refractivity contribution in [2.24, 2.45) is 11.8 Å². The van der Waals surface area contributed by atoms with Crippen LogP contribution in [-0.2, 0) is 11.2 Å². The first kappa shape index (κ1) is 19.0. The summed E-state index contributed by atoms with van der Waals surface area (Å²) < 4.78 is 33.9. The fourth-order valence-corrected chi connectivity index (χ4v) is 5.28. The molecule has 2 saturated carbocycles. The molecule has 2 aromatic rings. The number of ether oxygens (including phenoxy) is 1. The van der Waals surface area contributed by atoms with E-state index >= 15 is 0 Å². The van der Waals surface area contributed by atoms with Crippen molar-refractivity contribution in [3.05, 3.63) is 76.9 Å². The minimum atomic E-state index is -0.524. The van der Waals surface area contributed by atoms with Gasteiger partial charge in [0.2, 0.25) is 0 Å². The Morgan fingerprint density at radius 1 is 1.00 bits per heavy atom. The van der Waals surface area contributed by atoms with E-state index in [9.17, 15) is 13.9 Å². The van der Waals surface area contributed by atoms with Crippen LogP contribution in [0.2, 0.25) is 0 Å². The van der Waals surface area contributed by atoms with Crippen LogP contribution in [0.25, 0.3) is 5.57 Å². The monoisotopic (exact) mass is 396 g/mol. The van der Waals surface area contributed by atoms with Crippen LogP contribution >= 0.6 is 0 Å². The quantitative estimate of drug-likeness (QED) is 0.747. The maximum absolute atomic E-state index is 14.1. The largest absolute Gasteiger partial charge is 0.396 e. The molecule has 2 aliphatic carbocycles. The summed E-state index contributed by atoms with van der Waals surface area (Å²) in [6.07, 6.45) is 7.31. The van der Waals surface area contributed by atoms with E-state index in [1.807, 2.05) is 6.07 Å². The number of halogens is 2. The van der Waals surface area contributed by atoms with Gasteiger partial charge in [-0.2, -0.15) is 0 Å². The van der Waals surface area contributed by atoms with Gasteiger partial charge in [-0.15, -0.1) is 0 Å². The zero-order chi connectivity index (χ0) is 20.0. The minimum Gasteiger partial charge on any atom is -0.396 e. The second kappa shape index (κ2) is 7.33. The lowest BCUT2D eigenvalue weighted by Gasteiger charge is -2.32. The van der Waals surface area contributed by atoms with Crippen molar-refractivity contribution < 1.29 is 18.6 Å². The molecule has 1 N–H and O–H groups in total. The lowest BCUT2D eigenvalue weighted by atomic mass is 9.79. The molecule has 0 saturated heterocycles. The Morgan fingerprint density at radius 3 is 2.48 bits per heavy atom. The standard InChI is InChI=1S/C25H26F2O2/c26-21-6-3-17(4-7-21)24-19(14-28)9-10-25(24)13-20(15-29-25)23-12-22(27)8-5-18(23)11-16-1-2-16/h3-8,12-13,16,19,24,28H,1-2,9-11,14-15H2/t19-,24-,25-/m1/s1. The summed E-state index contributed by atoms with van der Waals surface area (Å²) in [5.41, 5.74) is 3.64. The van der Waals surface area contributed by atoms with E-state index in [2.05, 4.69) is 6.08 Å². The molecule has 3 aliphatic rings.